The van der Waals surface area contributed by atoms with Crippen molar-refractivity contribution < 1.29 is 13.6 Å². The molecule has 3 rings (SSSR count). The van der Waals surface area contributed by atoms with Crippen molar-refractivity contribution in [1.29, 1.82) is 0 Å². The summed E-state index contributed by atoms with van der Waals surface area (Å²) in [5, 5.41) is 0. The van der Waals surface area contributed by atoms with Gasteiger partial charge in [-0.15, -0.1) is 0 Å². The van der Waals surface area contributed by atoms with Crippen LogP contribution in [0, 0.1) is 13.8 Å². The molecule has 20 heavy (non-hydrogen) atoms. The highest BCUT2D eigenvalue weighted by atomic mass is 16.5. The second-order valence-electron chi connectivity index (χ2n) is 4.46. The minimum Gasteiger partial charge on any atom is -0.471 e. The highest BCUT2D eigenvalue weighted by Crippen LogP contribution is 2.22. The predicted octanol–water partition coefficient (Wildman–Crippen LogP) is 3.53. The molecule has 3 aromatic rings. The van der Waals surface area contributed by atoms with Crippen molar-refractivity contribution >= 4 is 0 Å². The first-order valence-corrected chi connectivity index (χ1v) is 6.28. The Morgan fingerprint density at radius 2 is 2.10 bits per heavy atom. The van der Waals surface area contributed by atoms with Crippen LogP contribution >= 0.6 is 0 Å². The first kappa shape index (κ1) is 12.5. The lowest BCUT2D eigenvalue weighted by molar-refractivity contribution is 0.287. The summed E-state index contributed by atoms with van der Waals surface area (Å²) >= 11 is 0. The minimum atomic E-state index is 0.312. The van der Waals surface area contributed by atoms with Gasteiger partial charge in [0.2, 0.25) is 5.88 Å². The Balaban J connectivity index is 1.73. The van der Waals surface area contributed by atoms with Crippen LogP contribution in [0.25, 0.3) is 11.7 Å². The van der Waals surface area contributed by atoms with E-state index in [0.29, 0.717) is 29.9 Å². The lowest BCUT2D eigenvalue weighted by Crippen LogP contribution is -1.99. The Morgan fingerprint density at radius 1 is 1.20 bits per heavy atom. The van der Waals surface area contributed by atoms with Crippen LogP contribution in [0.4, 0.5) is 0 Å². The van der Waals surface area contributed by atoms with Gasteiger partial charge in [-0.1, -0.05) is 6.07 Å². The van der Waals surface area contributed by atoms with Crippen molar-refractivity contribution in [1.82, 2.24) is 9.97 Å². The van der Waals surface area contributed by atoms with Gasteiger partial charge in [-0.05, 0) is 31.5 Å². The molecular weight excluding hydrogens is 256 g/mol. The van der Waals surface area contributed by atoms with Crippen molar-refractivity contribution in [2.45, 2.75) is 20.5 Å². The van der Waals surface area contributed by atoms with E-state index in [9.17, 15) is 0 Å². The number of oxazole rings is 1. The van der Waals surface area contributed by atoms with Crippen LogP contribution in [-0.2, 0) is 6.61 Å². The molecule has 0 N–H and O–H groups in total. The first-order chi connectivity index (χ1) is 9.72. The monoisotopic (exact) mass is 270 g/mol. The van der Waals surface area contributed by atoms with Crippen LogP contribution in [0.5, 0.6) is 5.88 Å². The number of nitrogens with zero attached hydrogens (tertiary/aromatic N) is 2. The van der Waals surface area contributed by atoms with E-state index in [1.165, 1.54) is 0 Å². The van der Waals surface area contributed by atoms with Gasteiger partial charge in [0, 0.05) is 12.3 Å². The van der Waals surface area contributed by atoms with E-state index in [2.05, 4.69) is 9.97 Å². The zero-order valence-electron chi connectivity index (χ0n) is 11.3. The molecule has 5 heteroatoms. The normalized spacial score (nSPS) is 10.7. The van der Waals surface area contributed by atoms with Crippen LogP contribution in [-0.4, -0.2) is 9.97 Å². The summed E-state index contributed by atoms with van der Waals surface area (Å²) in [4.78, 5) is 8.55. The molecule has 0 aromatic carbocycles. The fourth-order valence-corrected chi connectivity index (χ4v) is 1.75. The standard InChI is InChI=1S/C15H14N2O3/c1-10-5-6-14(16-8-10)19-9-12-11(2)20-15(17-12)13-4-3-7-18-13/h3-8H,9H2,1-2H3. The van der Waals surface area contributed by atoms with Gasteiger partial charge in [-0.25, -0.2) is 9.97 Å². The number of ether oxygens (including phenoxy) is 1. The summed E-state index contributed by atoms with van der Waals surface area (Å²) in [6.07, 6.45) is 3.35. The fourth-order valence-electron chi connectivity index (χ4n) is 1.75. The van der Waals surface area contributed by atoms with Gasteiger partial charge in [0.1, 0.15) is 18.1 Å². The number of aromatic nitrogens is 2. The molecule has 0 saturated carbocycles. The van der Waals surface area contributed by atoms with E-state index in [0.717, 1.165) is 11.3 Å². The van der Waals surface area contributed by atoms with Gasteiger partial charge in [0.05, 0.1) is 6.26 Å². The van der Waals surface area contributed by atoms with Crippen molar-refractivity contribution in [3.8, 4) is 17.5 Å². The average Bonchev–Trinajstić information content (AvgIpc) is 3.08. The third-order valence-corrected chi connectivity index (χ3v) is 2.87. The predicted molar refractivity (Wildman–Crippen MR) is 72.2 cm³/mol. The van der Waals surface area contributed by atoms with Gasteiger partial charge in [-0.2, -0.15) is 0 Å². The number of furan rings is 1. The maximum atomic E-state index is 5.59. The molecule has 102 valence electrons. The smallest absolute Gasteiger partial charge is 0.263 e. The van der Waals surface area contributed by atoms with Crippen LogP contribution in [0.3, 0.4) is 0 Å². The summed E-state index contributed by atoms with van der Waals surface area (Å²) in [6, 6.07) is 7.38. The summed E-state index contributed by atoms with van der Waals surface area (Å²) in [5.74, 6) is 2.34. The van der Waals surface area contributed by atoms with Gasteiger partial charge < -0.3 is 13.6 Å². The van der Waals surface area contributed by atoms with E-state index in [-0.39, 0.29) is 0 Å². The Morgan fingerprint density at radius 3 is 2.80 bits per heavy atom. The number of rotatable bonds is 4. The number of pyridine rings is 1. The lowest BCUT2D eigenvalue weighted by Gasteiger charge is -2.03. The summed E-state index contributed by atoms with van der Waals surface area (Å²) < 4.78 is 16.4. The van der Waals surface area contributed by atoms with Crippen molar-refractivity contribution in [3.05, 3.63) is 53.7 Å². The molecule has 3 heterocycles. The second-order valence-corrected chi connectivity index (χ2v) is 4.46. The van der Waals surface area contributed by atoms with Crippen molar-refractivity contribution in [3.63, 3.8) is 0 Å². The van der Waals surface area contributed by atoms with E-state index in [1.54, 1.807) is 24.6 Å². The number of aryl methyl sites for hydroxylation is 2. The Hall–Kier alpha value is -2.56. The van der Waals surface area contributed by atoms with Gasteiger partial charge in [0.25, 0.3) is 5.89 Å². The maximum absolute atomic E-state index is 5.59. The van der Waals surface area contributed by atoms with Crippen LogP contribution < -0.4 is 4.74 Å². The Kier molecular flexibility index (Phi) is 3.25. The zero-order valence-corrected chi connectivity index (χ0v) is 11.3. The van der Waals surface area contributed by atoms with Crippen molar-refractivity contribution in [2.75, 3.05) is 0 Å². The molecule has 0 spiro atoms. The third-order valence-electron chi connectivity index (χ3n) is 2.87. The zero-order chi connectivity index (χ0) is 13.9. The van der Waals surface area contributed by atoms with Gasteiger partial charge in [-0.3, -0.25) is 0 Å². The average molecular weight is 270 g/mol. The van der Waals surface area contributed by atoms with E-state index in [1.807, 2.05) is 26.0 Å². The quantitative estimate of drug-likeness (QED) is 0.725. The van der Waals surface area contributed by atoms with Crippen LogP contribution in [0.15, 0.2) is 45.6 Å². The molecular formula is C15H14N2O3. The fraction of sp³-hybridized carbons (Fsp3) is 0.200. The van der Waals surface area contributed by atoms with Gasteiger partial charge in [0.15, 0.2) is 5.76 Å². The molecule has 0 amide bonds. The largest absolute Gasteiger partial charge is 0.471 e. The molecule has 0 unspecified atom stereocenters. The molecule has 0 saturated heterocycles. The molecule has 0 aliphatic rings. The first-order valence-electron chi connectivity index (χ1n) is 6.28. The molecule has 0 aliphatic heterocycles. The topological polar surface area (TPSA) is 61.3 Å². The van der Waals surface area contributed by atoms with Crippen molar-refractivity contribution in [2.24, 2.45) is 0 Å². The maximum Gasteiger partial charge on any atom is 0.263 e. The Labute approximate surface area is 116 Å². The van der Waals surface area contributed by atoms with E-state index < -0.39 is 0 Å². The summed E-state index contributed by atoms with van der Waals surface area (Å²) in [6.45, 7) is 4.14. The lowest BCUT2D eigenvalue weighted by atomic mass is 10.3. The molecule has 0 radical (unpaired) electrons. The molecule has 3 aromatic heterocycles. The van der Waals surface area contributed by atoms with Crippen LogP contribution in [0.1, 0.15) is 17.0 Å². The van der Waals surface area contributed by atoms with Gasteiger partial charge >= 0.3 is 0 Å². The number of hydrogen-bond acceptors (Lipinski definition) is 5. The van der Waals surface area contributed by atoms with Crippen LogP contribution in [0.2, 0.25) is 0 Å². The third kappa shape index (κ3) is 2.56. The van der Waals surface area contributed by atoms with E-state index >= 15 is 0 Å². The minimum absolute atomic E-state index is 0.312. The second kappa shape index (κ2) is 5.21. The summed E-state index contributed by atoms with van der Waals surface area (Å²) in [7, 11) is 0. The molecule has 5 nitrogen and oxygen atoms in total. The molecule has 0 aliphatic carbocycles. The van der Waals surface area contributed by atoms with E-state index in [4.69, 9.17) is 13.6 Å². The molecule has 0 atom stereocenters. The number of hydrogen-bond donors (Lipinski definition) is 0. The molecule has 0 fully saturated rings. The summed E-state index contributed by atoms with van der Waals surface area (Å²) in [5.41, 5.74) is 1.83. The molecule has 0 bridgehead atoms. The highest BCUT2D eigenvalue weighted by Gasteiger charge is 2.13. The highest BCUT2D eigenvalue weighted by molar-refractivity contribution is 5.44. The Bertz CT molecular complexity index is 684. The SMILES string of the molecule is Cc1ccc(OCc2nc(-c3ccco3)oc2C)nc1.